The van der Waals surface area contributed by atoms with Crippen LogP contribution in [0.4, 0.5) is 0 Å². The van der Waals surface area contributed by atoms with E-state index in [1.165, 1.54) is 22.3 Å². The first kappa shape index (κ1) is 15.8. The highest BCUT2D eigenvalue weighted by atomic mass is 35.5. The van der Waals surface area contributed by atoms with Gasteiger partial charge in [0.15, 0.2) is 6.29 Å². The van der Waals surface area contributed by atoms with Crippen molar-refractivity contribution in [1.82, 2.24) is 0 Å². The molecule has 1 nitrogen and oxygen atoms in total. The Bertz CT molecular complexity index is 634. The van der Waals surface area contributed by atoms with Crippen LogP contribution in [0.2, 0.25) is 5.02 Å². The maximum atomic E-state index is 11.1. The standard InChI is InChI=1S/C19H21ClO/c1-4-13-9-14(5-2)19(15(6-3)10-13)16-7-8-18(20)17(11-16)12-21/h7-12H,4-6H2,1-3H3. The minimum atomic E-state index is 0.509. The molecule has 2 rings (SSSR count). The van der Waals surface area contributed by atoms with Crippen LogP contribution >= 0.6 is 11.6 Å². The van der Waals surface area contributed by atoms with E-state index in [4.69, 9.17) is 11.6 Å². The van der Waals surface area contributed by atoms with Gasteiger partial charge in [-0.25, -0.2) is 0 Å². The molecule has 0 unspecified atom stereocenters. The van der Waals surface area contributed by atoms with Crippen LogP contribution in [0.5, 0.6) is 0 Å². The van der Waals surface area contributed by atoms with Crippen molar-refractivity contribution in [2.24, 2.45) is 0 Å². The van der Waals surface area contributed by atoms with Gasteiger partial charge in [-0.2, -0.15) is 0 Å². The average molecular weight is 301 g/mol. The van der Waals surface area contributed by atoms with Crippen molar-refractivity contribution in [2.45, 2.75) is 40.0 Å². The molecule has 0 atom stereocenters. The highest BCUT2D eigenvalue weighted by Gasteiger charge is 2.12. The lowest BCUT2D eigenvalue weighted by molar-refractivity contribution is 0.112. The molecule has 0 aliphatic rings. The first-order chi connectivity index (χ1) is 10.1. The fraction of sp³-hybridized carbons (Fsp3) is 0.316. The third kappa shape index (κ3) is 3.19. The van der Waals surface area contributed by atoms with Crippen molar-refractivity contribution in [2.75, 3.05) is 0 Å². The first-order valence-electron chi connectivity index (χ1n) is 7.54. The van der Waals surface area contributed by atoms with E-state index in [9.17, 15) is 4.79 Å². The molecular weight excluding hydrogens is 280 g/mol. The quantitative estimate of drug-likeness (QED) is 0.666. The number of carbonyl (C=O) groups excluding carboxylic acids is 1. The summed E-state index contributed by atoms with van der Waals surface area (Å²) in [7, 11) is 0. The van der Waals surface area contributed by atoms with Gasteiger partial charge in [-0.1, -0.05) is 50.6 Å². The molecule has 0 fully saturated rings. The molecule has 21 heavy (non-hydrogen) atoms. The molecule has 0 saturated heterocycles. The maximum Gasteiger partial charge on any atom is 0.151 e. The molecular formula is C19H21ClO. The Labute approximate surface area is 132 Å². The van der Waals surface area contributed by atoms with E-state index in [0.29, 0.717) is 10.6 Å². The predicted molar refractivity (Wildman–Crippen MR) is 90.4 cm³/mol. The normalized spacial score (nSPS) is 10.7. The Kier molecular flexibility index (Phi) is 5.19. The number of benzene rings is 2. The third-order valence-electron chi connectivity index (χ3n) is 3.94. The highest BCUT2D eigenvalue weighted by molar-refractivity contribution is 6.33. The van der Waals surface area contributed by atoms with E-state index >= 15 is 0 Å². The second-order valence-electron chi connectivity index (χ2n) is 5.20. The van der Waals surface area contributed by atoms with E-state index in [1.807, 2.05) is 18.2 Å². The van der Waals surface area contributed by atoms with E-state index < -0.39 is 0 Å². The van der Waals surface area contributed by atoms with E-state index in [0.717, 1.165) is 31.1 Å². The minimum Gasteiger partial charge on any atom is -0.298 e. The summed E-state index contributed by atoms with van der Waals surface area (Å²) in [4.78, 5) is 11.1. The van der Waals surface area contributed by atoms with Crippen LogP contribution in [0.15, 0.2) is 30.3 Å². The van der Waals surface area contributed by atoms with Crippen LogP contribution in [0.1, 0.15) is 47.8 Å². The number of hydrogen-bond donors (Lipinski definition) is 0. The van der Waals surface area contributed by atoms with Crippen molar-refractivity contribution in [1.29, 1.82) is 0 Å². The zero-order valence-electron chi connectivity index (χ0n) is 12.9. The average Bonchev–Trinajstić information content (AvgIpc) is 2.54. The topological polar surface area (TPSA) is 17.1 Å². The second kappa shape index (κ2) is 6.91. The molecule has 2 aromatic rings. The van der Waals surface area contributed by atoms with Crippen LogP contribution in [-0.4, -0.2) is 6.29 Å². The minimum absolute atomic E-state index is 0.509. The summed E-state index contributed by atoms with van der Waals surface area (Å²) in [6.07, 6.45) is 3.83. The van der Waals surface area contributed by atoms with Crippen LogP contribution in [0.25, 0.3) is 11.1 Å². The predicted octanol–water partition coefficient (Wildman–Crippen LogP) is 5.51. The monoisotopic (exact) mass is 300 g/mol. The number of hydrogen-bond acceptors (Lipinski definition) is 1. The lowest BCUT2D eigenvalue weighted by atomic mass is 9.89. The van der Waals surface area contributed by atoms with Gasteiger partial charge >= 0.3 is 0 Å². The van der Waals surface area contributed by atoms with Gasteiger partial charge in [-0.3, -0.25) is 4.79 Å². The van der Waals surface area contributed by atoms with E-state index in [-0.39, 0.29) is 0 Å². The largest absolute Gasteiger partial charge is 0.298 e. The van der Waals surface area contributed by atoms with Gasteiger partial charge < -0.3 is 0 Å². The fourth-order valence-electron chi connectivity index (χ4n) is 2.76. The first-order valence-corrected chi connectivity index (χ1v) is 7.92. The van der Waals surface area contributed by atoms with Crippen LogP contribution < -0.4 is 0 Å². The molecule has 110 valence electrons. The SMILES string of the molecule is CCc1cc(CC)c(-c2ccc(Cl)c(C=O)c2)c(CC)c1. The molecule has 0 heterocycles. The zero-order valence-corrected chi connectivity index (χ0v) is 13.6. The lowest BCUT2D eigenvalue weighted by Crippen LogP contribution is -1.98. The van der Waals surface area contributed by atoms with Crippen molar-refractivity contribution < 1.29 is 4.79 Å². The fourth-order valence-corrected chi connectivity index (χ4v) is 2.92. The Hall–Kier alpha value is -1.60. The third-order valence-corrected chi connectivity index (χ3v) is 4.29. The Morgan fingerprint density at radius 3 is 2.05 bits per heavy atom. The number of halogens is 1. The number of carbonyl (C=O) groups is 1. The van der Waals surface area contributed by atoms with Gasteiger partial charge in [-0.15, -0.1) is 0 Å². The molecule has 0 aliphatic carbocycles. The summed E-state index contributed by atoms with van der Waals surface area (Å²) < 4.78 is 0. The lowest BCUT2D eigenvalue weighted by Gasteiger charge is -2.16. The summed E-state index contributed by atoms with van der Waals surface area (Å²) in [5.41, 5.74) is 6.94. The van der Waals surface area contributed by atoms with Gasteiger partial charge in [0.2, 0.25) is 0 Å². The summed E-state index contributed by atoms with van der Waals surface area (Å²) in [6.45, 7) is 6.53. The zero-order chi connectivity index (χ0) is 15.4. The van der Waals surface area contributed by atoms with Crippen molar-refractivity contribution in [3.63, 3.8) is 0 Å². The smallest absolute Gasteiger partial charge is 0.151 e. The summed E-state index contributed by atoms with van der Waals surface area (Å²) in [5.74, 6) is 0. The number of rotatable bonds is 5. The van der Waals surface area contributed by atoms with E-state index in [2.05, 4.69) is 32.9 Å². The highest BCUT2D eigenvalue weighted by Crippen LogP contribution is 2.32. The number of aldehydes is 1. The Morgan fingerprint density at radius 2 is 1.57 bits per heavy atom. The molecule has 2 aromatic carbocycles. The van der Waals surface area contributed by atoms with Gasteiger partial charge in [0, 0.05) is 5.56 Å². The van der Waals surface area contributed by atoms with Gasteiger partial charge in [0.25, 0.3) is 0 Å². The Morgan fingerprint density at radius 1 is 0.952 bits per heavy atom. The molecule has 2 heteroatoms. The summed E-state index contributed by atoms with van der Waals surface area (Å²) in [5, 5.41) is 0.509. The van der Waals surface area contributed by atoms with Gasteiger partial charge in [-0.05, 0) is 59.2 Å². The molecule has 0 radical (unpaired) electrons. The second-order valence-corrected chi connectivity index (χ2v) is 5.61. The maximum absolute atomic E-state index is 11.1. The molecule has 0 bridgehead atoms. The van der Waals surface area contributed by atoms with E-state index in [1.54, 1.807) is 0 Å². The van der Waals surface area contributed by atoms with Gasteiger partial charge in [0.05, 0.1) is 5.02 Å². The van der Waals surface area contributed by atoms with Crippen LogP contribution in [0.3, 0.4) is 0 Å². The molecule has 0 spiro atoms. The molecule has 0 aliphatic heterocycles. The molecule has 0 N–H and O–H groups in total. The van der Waals surface area contributed by atoms with Crippen molar-refractivity contribution in [3.8, 4) is 11.1 Å². The molecule has 0 aromatic heterocycles. The van der Waals surface area contributed by atoms with Crippen molar-refractivity contribution in [3.05, 3.63) is 57.6 Å². The molecule has 0 saturated carbocycles. The van der Waals surface area contributed by atoms with Crippen LogP contribution in [-0.2, 0) is 19.3 Å². The number of aryl methyl sites for hydroxylation is 3. The van der Waals surface area contributed by atoms with Crippen LogP contribution in [0, 0.1) is 0 Å². The van der Waals surface area contributed by atoms with Crippen molar-refractivity contribution >= 4 is 17.9 Å². The van der Waals surface area contributed by atoms with Gasteiger partial charge in [0.1, 0.15) is 0 Å². The Balaban J connectivity index is 2.69. The summed E-state index contributed by atoms with van der Waals surface area (Å²) in [6, 6.07) is 10.3. The molecule has 0 amide bonds. The summed E-state index contributed by atoms with van der Waals surface area (Å²) >= 11 is 6.05.